The van der Waals surface area contributed by atoms with E-state index in [4.69, 9.17) is 4.74 Å². The first-order valence-electron chi connectivity index (χ1n) is 7.85. The minimum atomic E-state index is -0.581. The van der Waals surface area contributed by atoms with Gasteiger partial charge in [-0.1, -0.05) is 32.9 Å². The number of aromatic hydroxyl groups is 1. The second-order valence-electron chi connectivity index (χ2n) is 7.83. The number of aliphatic hydroxyl groups excluding tert-OH is 1. The highest BCUT2D eigenvalue weighted by molar-refractivity contribution is 5.68. The highest BCUT2D eigenvalue weighted by atomic mass is 16.6. The zero-order chi connectivity index (χ0) is 17.8. The highest BCUT2D eigenvalue weighted by Crippen LogP contribution is 2.31. The number of alkyl carbamates (subject to hydrolysis) is 1. The van der Waals surface area contributed by atoms with Gasteiger partial charge in [0.1, 0.15) is 11.4 Å². The number of rotatable bonds is 4. The maximum absolute atomic E-state index is 11.8. The summed E-state index contributed by atoms with van der Waals surface area (Å²) in [6.45, 7) is 11.2. The van der Waals surface area contributed by atoms with Crippen LogP contribution in [0, 0.1) is 0 Å². The molecule has 0 aromatic heterocycles. The third-order valence-corrected chi connectivity index (χ3v) is 3.29. The molecule has 1 rings (SSSR count). The molecule has 1 amide bonds. The molecule has 0 bridgehead atoms. The van der Waals surface area contributed by atoms with Crippen LogP contribution in [-0.2, 0) is 16.6 Å². The van der Waals surface area contributed by atoms with Crippen molar-refractivity contribution in [1.82, 2.24) is 5.32 Å². The molecule has 0 aliphatic carbocycles. The van der Waals surface area contributed by atoms with Crippen molar-refractivity contribution in [2.45, 2.75) is 65.0 Å². The van der Waals surface area contributed by atoms with Crippen LogP contribution in [0.5, 0.6) is 5.75 Å². The number of aliphatic hydroxyl groups is 1. The second kappa shape index (κ2) is 7.21. The third-order valence-electron chi connectivity index (χ3n) is 3.29. The van der Waals surface area contributed by atoms with E-state index in [0.717, 1.165) is 11.1 Å². The lowest BCUT2D eigenvalue weighted by Gasteiger charge is -2.24. The molecule has 0 fully saturated rings. The molecule has 0 saturated heterocycles. The number of hydrogen-bond acceptors (Lipinski definition) is 4. The fourth-order valence-corrected chi connectivity index (χ4v) is 2.23. The van der Waals surface area contributed by atoms with Gasteiger partial charge in [-0.3, -0.25) is 0 Å². The quantitative estimate of drug-likeness (QED) is 0.795. The molecule has 1 aromatic carbocycles. The van der Waals surface area contributed by atoms with Gasteiger partial charge >= 0.3 is 6.09 Å². The third kappa shape index (κ3) is 6.48. The SMILES string of the molecule is CC(C)(C)OC(=O)NC(CO)Cc1ccc(O)c(C(C)(C)C)c1. The van der Waals surface area contributed by atoms with Crippen molar-refractivity contribution in [3.05, 3.63) is 29.3 Å². The Balaban J connectivity index is 2.82. The van der Waals surface area contributed by atoms with E-state index in [1.165, 1.54) is 0 Å². The summed E-state index contributed by atoms with van der Waals surface area (Å²) in [5.41, 5.74) is 1.00. The molecule has 5 nitrogen and oxygen atoms in total. The molecule has 0 heterocycles. The van der Waals surface area contributed by atoms with Crippen LogP contribution in [0.1, 0.15) is 52.7 Å². The Morgan fingerprint density at radius 1 is 1.22 bits per heavy atom. The summed E-state index contributed by atoms with van der Waals surface area (Å²) in [5, 5.41) is 22.2. The molecule has 1 atom stereocenters. The summed E-state index contributed by atoms with van der Waals surface area (Å²) >= 11 is 0. The molecule has 0 aliphatic rings. The van der Waals surface area contributed by atoms with Crippen LogP contribution in [0.25, 0.3) is 0 Å². The Morgan fingerprint density at radius 3 is 2.30 bits per heavy atom. The largest absolute Gasteiger partial charge is 0.508 e. The Bertz CT molecular complexity index is 541. The van der Waals surface area contributed by atoms with Gasteiger partial charge < -0.3 is 20.3 Å². The molecule has 0 aliphatic heterocycles. The van der Waals surface area contributed by atoms with Gasteiger partial charge in [0.15, 0.2) is 0 Å². The van der Waals surface area contributed by atoms with Crippen LogP contribution in [0.3, 0.4) is 0 Å². The first kappa shape index (κ1) is 19.3. The molecule has 3 N–H and O–H groups in total. The lowest BCUT2D eigenvalue weighted by atomic mass is 9.85. The Morgan fingerprint density at radius 2 is 1.83 bits per heavy atom. The van der Waals surface area contributed by atoms with Gasteiger partial charge in [0.05, 0.1) is 12.6 Å². The van der Waals surface area contributed by atoms with Gasteiger partial charge in [-0.05, 0) is 49.8 Å². The molecular formula is C18H29NO4. The van der Waals surface area contributed by atoms with Crippen LogP contribution in [0.15, 0.2) is 18.2 Å². The van der Waals surface area contributed by atoms with E-state index in [9.17, 15) is 15.0 Å². The number of phenols is 1. The van der Waals surface area contributed by atoms with Crippen LogP contribution in [-0.4, -0.2) is 34.6 Å². The van der Waals surface area contributed by atoms with Crippen LogP contribution in [0.4, 0.5) is 4.79 Å². The maximum atomic E-state index is 11.8. The zero-order valence-electron chi connectivity index (χ0n) is 14.9. The fraction of sp³-hybridized carbons (Fsp3) is 0.611. The van der Waals surface area contributed by atoms with E-state index in [0.29, 0.717) is 6.42 Å². The molecule has 0 radical (unpaired) electrons. The van der Waals surface area contributed by atoms with Gasteiger partial charge in [-0.15, -0.1) is 0 Å². The van der Waals surface area contributed by atoms with Crippen LogP contribution >= 0.6 is 0 Å². The first-order valence-corrected chi connectivity index (χ1v) is 7.85. The Hall–Kier alpha value is -1.75. The normalized spacial score (nSPS) is 13.5. The number of nitrogens with one attached hydrogen (secondary N) is 1. The van der Waals surface area contributed by atoms with E-state index < -0.39 is 17.7 Å². The highest BCUT2D eigenvalue weighted by Gasteiger charge is 2.21. The van der Waals surface area contributed by atoms with E-state index in [-0.39, 0.29) is 17.8 Å². The number of carbonyl (C=O) groups is 1. The number of hydrogen-bond donors (Lipinski definition) is 3. The number of benzene rings is 1. The second-order valence-corrected chi connectivity index (χ2v) is 7.83. The molecule has 23 heavy (non-hydrogen) atoms. The van der Waals surface area contributed by atoms with Gasteiger partial charge in [-0.25, -0.2) is 4.79 Å². The monoisotopic (exact) mass is 323 g/mol. The van der Waals surface area contributed by atoms with Crippen molar-refractivity contribution in [1.29, 1.82) is 0 Å². The van der Waals surface area contributed by atoms with Gasteiger partial charge in [0.25, 0.3) is 0 Å². The number of carbonyl (C=O) groups excluding carboxylic acids is 1. The van der Waals surface area contributed by atoms with Crippen molar-refractivity contribution in [3.8, 4) is 5.75 Å². The topological polar surface area (TPSA) is 78.8 Å². The minimum absolute atomic E-state index is 0.187. The number of amides is 1. The lowest BCUT2D eigenvalue weighted by Crippen LogP contribution is -2.42. The maximum Gasteiger partial charge on any atom is 0.407 e. The minimum Gasteiger partial charge on any atom is -0.508 e. The van der Waals surface area contributed by atoms with Crippen molar-refractivity contribution in [2.24, 2.45) is 0 Å². The van der Waals surface area contributed by atoms with Crippen LogP contribution < -0.4 is 5.32 Å². The Kier molecular flexibility index (Phi) is 6.05. The first-order chi connectivity index (χ1) is 10.4. The summed E-state index contributed by atoms with van der Waals surface area (Å²) in [7, 11) is 0. The van der Waals surface area contributed by atoms with E-state index in [2.05, 4.69) is 5.32 Å². The Labute approximate surface area is 138 Å². The number of phenolic OH excluding ortho intramolecular Hbond substituents is 1. The summed E-state index contributed by atoms with van der Waals surface area (Å²) in [6, 6.07) is 4.92. The fourth-order valence-electron chi connectivity index (χ4n) is 2.23. The summed E-state index contributed by atoms with van der Waals surface area (Å²) in [5.74, 6) is 0.252. The van der Waals surface area contributed by atoms with E-state index in [1.807, 2.05) is 26.8 Å². The van der Waals surface area contributed by atoms with Crippen molar-refractivity contribution in [3.63, 3.8) is 0 Å². The molecular weight excluding hydrogens is 294 g/mol. The lowest BCUT2D eigenvalue weighted by molar-refractivity contribution is 0.0483. The van der Waals surface area contributed by atoms with Gasteiger partial charge in [-0.2, -0.15) is 0 Å². The molecule has 1 aromatic rings. The number of ether oxygens (including phenoxy) is 1. The molecule has 130 valence electrons. The summed E-state index contributed by atoms with van der Waals surface area (Å²) < 4.78 is 5.20. The van der Waals surface area contributed by atoms with Gasteiger partial charge in [0, 0.05) is 0 Å². The van der Waals surface area contributed by atoms with Crippen molar-refractivity contribution < 1.29 is 19.7 Å². The zero-order valence-corrected chi connectivity index (χ0v) is 14.9. The average molecular weight is 323 g/mol. The summed E-state index contributed by atoms with van der Waals surface area (Å²) in [6.07, 6.45) is -0.0922. The predicted molar refractivity (Wildman–Crippen MR) is 90.8 cm³/mol. The van der Waals surface area contributed by atoms with Crippen molar-refractivity contribution >= 4 is 6.09 Å². The molecule has 0 spiro atoms. The van der Waals surface area contributed by atoms with Crippen LogP contribution in [0.2, 0.25) is 0 Å². The smallest absolute Gasteiger partial charge is 0.407 e. The molecule has 0 saturated carbocycles. The summed E-state index contributed by atoms with van der Waals surface area (Å²) in [4.78, 5) is 11.8. The van der Waals surface area contributed by atoms with Gasteiger partial charge in [0.2, 0.25) is 0 Å². The molecule has 5 heteroatoms. The molecule has 1 unspecified atom stereocenters. The van der Waals surface area contributed by atoms with E-state index in [1.54, 1.807) is 32.9 Å². The average Bonchev–Trinajstić information content (AvgIpc) is 2.36. The van der Waals surface area contributed by atoms with E-state index >= 15 is 0 Å². The van der Waals surface area contributed by atoms with Crippen molar-refractivity contribution in [2.75, 3.05) is 6.61 Å². The standard InChI is InChI=1S/C18H29NO4/c1-17(2,3)14-10-12(7-8-15(14)21)9-13(11-20)19-16(22)23-18(4,5)6/h7-8,10,13,20-21H,9,11H2,1-6H3,(H,19,22). The predicted octanol–water partition coefficient (Wildman–Crippen LogP) is 3.12.